The van der Waals surface area contributed by atoms with Crippen molar-refractivity contribution in [2.24, 2.45) is 0 Å². The summed E-state index contributed by atoms with van der Waals surface area (Å²) in [6.07, 6.45) is 7.78. The highest BCUT2D eigenvalue weighted by Gasteiger charge is 2.43. The third-order valence-electron chi connectivity index (χ3n) is 3.69. The van der Waals surface area contributed by atoms with Crippen LogP contribution in [0, 0.1) is 0 Å². The quantitative estimate of drug-likeness (QED) is 0.835. The summed E-state index contributed by atoms with van der Waals surface area (Å²) in [5.74, 6) is -0.0758. The Labute approximate surface area is 111 Å². The second kappa shape index (κ2) is 5.35. The van der Waals surface area contributed by atoms with Gasteiger partial charge in [-0.1, -0.05) is 0 Å². The van der Waals surface area contributed by atoms with Gasteiger partial charge in [-0.2, -0.15) is 0 Å². The summed E-state index contributed by atoms with van der Waals surface area (Å²) in [6, 6.07) is 1.35. The molecular weight excluding hydrogens is 248 g/mol. The van der Waals surface area contributed by atoms with Crippen molar-refractivity contribution in [2.75, 3.05) is 13.2 Å². The van der Waals surface area contributed by atoms with Crippen molar-refractivity contribution >= 4 is 0 Å². The molecule has 1 aliphatic carbocycles. The van der Waals surface area contributed by atoms with Crippen LogP contribution in [0.3, 0.4) is 0 Å². The van der Waals surface area contributed by atoms with Crippen LogP contribution >= 0.6 is 0 Å². The minimum absolute atomic E-state index is 0.0638. The molecule has 0 N–H and O–H groups in total. The van der Waals surface area contributed by atoms with Gasteiger partial charge < -0.3 is 18.6 Å². The first-order chi connectivity index (χ1) is 9.27. The van der Waals surface area contributed by atoms with Gasteiger partial charge in [-0.25, -0.2) is 0 Å². The molecule has 3 rings (SSSR count). The topological polar surface area (TPSA) is 57.9 Å². The van der Waals surface area contributed by atoms with Gasteiger partial charge in [0.2, 0.25) is 11.2 Å². The maximum absolute atomic E-state index is 11.4. The minimum Gasteiger partial charge on any atom is -0.487 e. The first-order valence-electron chi connectivity index (χ1n) is 6.79. The summed E-state index contributed by atoms with van der Waals surface area (Å²) in [5.41, 5.74) is -0.165. The lowest BCUT2D eigenvalue weighted by molar-refractivity contribution is -0.162. The summed E-state index contributed by atoms with van der Waals surface area (Å²) >= 11 is 0. The van der Waals surface area contributed by atoms with Gasteiger partial charge in [0.1, 0.15) is 6.26 Å². The monoisotopic (exact) mass is 266 g/mol. The van der Waals surface area contributed by atoms with Gasteiger partial charge >= 0.3 is 0 Å². The van der Waals surface area contributed by atoms with E-state index >= 15 is 0 Å². The maximum atomic E-state index is 11.4. The van der Waals surface area contributed by atoms with E-state index in [-0.39, 0.29) is 23.1 Å². The van der Waals surface area contributed by atoms with Crippen LogP contribution in [0.25, 0.3) is 0 Å². The molecule has 1 spiro atoms. The summed E-state index contributed by atoms with van der Waals surface area (Å²) in [4.78, 5) is 11.4. The van der Waals surface area contributed by atoms with Gasteiger partial charge in [-0.15, -0.1) is 0 Å². The molecule has 1 saturated heterocycles. The standard InChI is InChI=1S/C14H18O5/c15-12-4-7-16-10-13(12)17-8-3-11-9-18-14(19-11)5-1-2-6-14/h4,7,10-11H,1-3,5-6,8-9H2. The van der Waals surface area contributed by atoms with E-state index in [9.17, 15) is 4.79 Å². The van der Waals surface area contributed by atoms with Crippen molar-refractivity contribution < 1.29 is 18.6 Å². The van der Waals surface area contributed by atoms with E-state index in [2.05, 4.69) is 0 Å². The van der Waals surface area contributed by atoms with E-state index in [0.717, 1.165) is 19.3 Å². The van der Waals surface area contributed by atoms with Crippen LogP contribution < -0.4 is 10.2 Å². The van der Waals surface area contributed by atoms with E-state index in [1.165, 1.54) is 31.4 Å². The number of hydrogen-bond donors (Lipinski definition) is 0. The van der Waals surface area contributed by atoms with Gasteiger partial charge in [0.15, 0.2) is 5.79 Å². The first-order valence-corrected chi connectivity index (χ1v) is 6.79. The molecular formula is C14H18O5. The highest BCUT2D eigenvalue weighted by atomic mass is 16.7. The van der Waals surface area contributed by atoms with E-state index in [1.807, 2.05) is 0 Å². The largest absolute Gasteiger partial charge is 0.487 e. The van der Waals surface area contributed by atoms with Crippen molar-refractivity contribution in [3.8, 4) is 5.75 Å². The molecule has 5 heteroatoms. The second-order valence-electron chi connectivity index (χ2n) is 5.09. The maximum Gasteiger partial charge on any atom is 0.226 e. The second-order valence-corrected chi connectivity index (χ2v) is 5.09. The van der Waals surface area contributed by atoms with Crippen LogP contribution in [0.2, 0.25) is 0 Å². The first kappa shape index (κ1) is 12.7. The Morgan fingerprint density at radius 1 is 1.37 bits per heavy atom. The van der Waals surface area contributed by atoms with Crippen molar-refractivity contribution in [2.45, 2.75) is 44.0 Å². The fourth-order valence-corrected chi connectivity index (χ4v) is 2.68. The van der Waals surface area contributed by atoms with E-state index < -0.39 is 0 Å². The van der Waals surface area contributed by atoms with Gasteiger partial charge in [-0.05, 0) is 12.8 Å². The molecule has 0 amide bonds. The predicted molar refractivity (Wildman–Crippen MR) is 67.1 cm³/mol. The van der Waals surface area contributed by atoms with E-state index in [0.29, 0.717) is 13.2 Å². The third-order valence-corrected chi connectivity index (χ3v) is 3.69. The molecule has 1 unspecified atom stereocenters. The molecule has 5 nitrogen and oxygen atoms in total. The molecule has 0 aromatic carbocycles. The Morgan fingerprint density at radius 2 is 2.21 bits per heavy atom. The van der Waals surface area contributed by atoms with Gasteiger partial charge in [-0.3, -0.25) is 4.79 Å². The Hall–Kier alpha value is -1.33. The highest BCUT2D eigenvalue weighted by Crippen LogP contribution is 2.39. The normalized spacial score (nSPS) is 24.9. The van der Waals surface area contributed by atoms with Crippen molar-refractivity contribution in [1.82, 2.24) is 0 Å². The van der Waals surface area contributed by atoms with Crippen molar-refractivity contribution in [3.63, 3.8) is 0 Å². The Bertz CT molecular complexity index is 475. The van der Waals surface area contributed by atoms with Crippen molar-refractivity contribution in [1.29, 1.82) is 0 Å². The van der Waals surface area contributed by atoms with Crippen LogP contribution in [0.5, 0.6) is 5.75 Å². The Kier molecular flexibility index (Phi) is 3.57. The third kappa shape index (κ3) is 2.82. The molecule has 0 bridgehead atoms. The van der Waals surface area contributed by atoms with Crippen molar-refractivity contribution in [3.05, 3.63) is 28.8 Å². The Balaban J connectivity index is 1.46. The van der Waals surface area contributed by atoms with Crippen LogP contribution in [-0.2, 0) is 9.47 Å². The SMILES string of the molecule is O=c1ccocc1OCCC1COC2(CCCC2)O1. The average Bonchev–Trinajstić information content (AvgIpc) is 3.03. The molecule has 1 atom stereocenters. The molecule has 19 heavy (non-hydrogen) atoms. The molecule has 104 valence electrons. The lowest BCUT2D eigenvalue weighted by atomic mass is 10.2. The van der Waals surface area contributed by atoms with Gasteiger partial charge in [0.25, 0.3) is 0 Å². The number of hydrogen-bond acceptors (Lipinski definition) is 5. The summed E-state index contributed by atoms with van der Waals surface area (Å²) < 4.78 is 22.1. The number of ether oxygens (including phenoxy) is 3. The minimum atomic E-state index is -0.323. The van der Waals surface area contributed by atoms with E-state index in [4.69, 9.17) is 18.6 Å². The molecule has 1 aromatic rings. The zero-order valence-corrected chi connectivity index (χ0v) is 10.8. The molecule has 2 heterocycles. The molecule has 2 fully saturated rings. The fraction of sp³-hybridized carbons (Fsp3) is 0.643. The van der Waals surface area contributed by atoms with Crippen LogP contribution in [0.15, 0.2) is 27.8 Å². The average molecular weight is 266 g/mol. The van der Waals surface area contributed by atoms with Gasteiger partial charge in [0, 0.05) is 25.3 Å². The van der Waals surface area contributed by atoms with Crippen LogP contribution in [0.4, 0.5) is 0 Å². The Morgan fingerprint density at radius 3 is 3.00 bits per heavy atom. The lowest BCUT2D eigenvalue weighted by Gasteiger charge is -2.21. The highest BCUT2D eigenvalue weighted by molar-refractivity contribution is 5.13. The summed E-state index contributed by atoms with van der Waals surface area (Å²) in [6.45, 7) is 1.05. The molecule has 1 saturated carbocycles. The number of rotatable bonds is 4. The lowest BCUT2D eigenvalue weighted by Crippen LogP contribution is -2.27. The fourth-order valence-electron chi connectivity index (χ4n) is 2.68. The predicted octanol–water partition coefficient (Wildman–Crippen LogP) is 2.09. The smallest absolute Gasteiger partial charge is 0.226 e. The summed E-state index contributed by atoms with van der Waals surface area (Å²) in [5, 5.41) is 0. The van der Waals surface area contributed by atoms with Gasteiger partial charge in [0.05, 0.1) is 25.6 Å². The zero-order chi connectivity index (χ0) is 13.1. The zero-order valence-electron chi connectivity index (χ0n) is 10.8. The van der Waals surface area contributed by atoms with Crippen LogP contribution in [0.1, 0.15) is 32.1 Å². The van der Waals surface area contributed by atoms with E-state index in [1.54, 1.807) is 0 Å². The molecule has 2 aliphatic rings. The molecule has 1 aliphatic heterocycles. The van der Waals surface area contributed by atoms with Crippen LogP contribution in [-0.4, -0.2) is 25.1 Å². The molecule has 1 aromatic heterocycles. The summed E-state index contributed by atoms with van der Waals surface area (Å²) in [7, 11) is 0. The molecule has 0 radical (unpaired) electrons.